The van der Waals surface area contributed by atoms with Gasteiger partial charge in [0.15, 0.2) is 0 Å². The van der Waals surface area contributed by atoms with Gasteiger partial charge < -0.3 is 38.2 Å². The van der Waals surface area contributed by atoms with E-state index >= 15 is 0 Å². The quantitative estimate of drug-likeness (QED) is 0.0387. The van der Waals surface area contributed by atoms with Crippen LogP contribution in [0.5, 0.6) is 0 Å². The van der Waals surface area contributed by atoms with E-state index in [1.54, 1.807) is 0 Å². The topological polar surface area (TPSA) is 49.9 Å². The van der Waals surface area contributed by atoms with Crippen LogP contribution in [-0.4, -0.2) is 36.6 Å². The molecule has 0 aromatic heterocycles. The van der Waals surface area contributed by atoms with Crippen LogP contribution in [0.4, 0.5) is 68.2 Å². The maximum atomic E-state index is 6.44. The largest absolute Gasteiger partial charge is 0.494 e. The summed E-state index contributed by atoms with van der Waals surface area (Å²) in [6, 6.07) is 142. The number of halogens is 2. The van der Waals surface area contributed by atoms with E-state index in [-0.39, 0.29) is 0 Å². The van der Waals surface area contributed by atoms with Gasteiger partial charge in [0.05, 0.1) is 22.4 Å². The van der Waals surface area contributed by atoms with Gasteiger partial charge in [-0.25, -0.2) is 0 Å². The Labute approximate surface area is 826 Å². The Morgan fingerprint density at radius 1 is 0.184 bits per heavy atom. The Bertz CT molecular complexity index is 6130. The summed E-state index contributed by atoms with van der Waals surface area (Å²) < 4.78 is 27.9. The summed E-state index contributed by atoms with van der Waals surface area (Å²) >= 11 is 7.27. The lowest BCUT2D eigenvalue weighted by molar-refractivity contribution is 0.00578. The molecule has 0 unspecified atom stereocenters. The summed E-state index contributed by atoms with van der Waals surface area (Å²) in [5.41, 5.74) is 33.2. The first-order valence-electron chi connectivity index (χ1n) is 48.8. The summed E-state index contributed by atoms with van der Waals surface area (Å²) in [5, 5.41) is 0. The van der Waals surface area contributed by atoms with Crippen LogP contribution < -0.4 is 30.5 Å². The highest BCUT2D eigenvalue weighted by Gasteiger charge is 2.53. The zero-order chi connectivity index (χ0) is 94.5. The van der Waals surface area contributed by atoms with Crippen molar-refractivity contribution in [3.8, 4) is 66.8 Å². The molecule has 0 bridgehead atoms. The lowest BCUT2D eigenvalue weighted by Crippen LogP contribution is -2.41. The van der Waals surface area contributed by atoms with Crippen LogP contribution in [0.25, 0.3) is 66.8 Å². The third kappa shape index (κ3) is 22.3. The zero-order valence-corrected chi connectivity index (χ0v) is 83.9. The normalized spacial score (nSPS) is 14.0. The first kappa shape index (κ1) is 95.4. The maximum Gasteiger partial charge on any atom is 0.494 e. The standard InChI is InChI=1S/C68H74B2N2O4.C56H50Br2N2/c1-11-13-15-49-17-21-51(22-18-49)53-25-37-59(38-26-53)71(63-45-33-57(34-46-63)69-73-65(3,4)66(5,6)74-69)61-41-29-55(30-42-61)56-31-43-62(44-32-56)72(64-47-35-58(36-48-64)70-75-67(7,8)68(9,10)76-70)60-39-27-54(28-40-60)52-23-19-50(20-24-52)16-14-12-2;1-3-5-7-41-9-13-43(14-10-41)45-17-29-51(30-18-45)59(55-37-25-49(57)26-38-55)53-33-21-47(22-34-53)48-23-35-54(36-24-48)60(56-39-27-50(58)28-40-56)52-31-19-46(20-32-52)44-15-11-42(12-16-44)8-6-4-2/h17-48H,11-16H2,1-10H3;9-40H,3-8H2,1-2H3. The van der Waals surface area contributed by atoms with Crippen molar-refractivity contribution in [2.45, 2.75) is 183 Å². The second-order valence-electron chi connectivity index (χ2n) is 38.2. The smallest absolute Gasteiger partial charge is 0.399 e. The molecule has 2 aliphatic rings. The van der Waals surface area contributed by atoms with Crippen LogP contribution >= 0.6 is 31.9 Å². The number of aryl methyl sites for hydroxylation is 4. The highest BCUT2D eigenvalue weighted by atomic mass is 79.9. The van der Waals surface area contributed by atoms with E-state index in [0.717, 1.165) is 125 Å². The van der Waals surface area contributed by atoms with Gasteiger partial charge in [-0.1, -0.05) is 304 Å². The Kier molecular flexibility index (Phi) is 30.1. The Balaban J connectivity index is 0.000000194. The van der Waals surface area contributed by atoms with E-state index in [2.05, 4.69) is 523 Å². The van der Waals surface area contributed by atoms with Gasteiger partial charge in [0.2, 0.25) is 0 Å². The second-order valence-corrected chi connectivity index (χ2v) is 40.1. The summed E-state index contributed by atoms with van der Waals surface area (Å²) in [7, 11) is -0.871. The molecule has 0 atom stereocenters. The zero-order valence-electron chi connectivity index (χ0n) is 80.8. The van der Waals surface area contributed by atoms with Crippen LogP contribution in [-0.2, 0) is 44.3 Å². The summed E-state index contributed by atoms with van der Waals surface area (Å²) in [6.45, 7) is 25.7. The number of hydrogen-bond acceptors (Lipinski definition) is 8. The third-order valence-corrected chi connectivity index (χ3v) is 28.7. The van der Waals surface area contributed by atoms with Gasteiger partial charge in [-0.15, -0.1) is 0 Å². The van der Waals surface area contributed by atoms with Crippen LogP contribution in [0.3, 0.4) is 0 Å². The van der Waals surface area contributed by atoms with Crippen molar-refractivity contribution in [3.63, 3.8) is 0 Å². The molecule has 0 N–H and O–H groups in total. The van der Waals surface area contributed by atoms with E-state index in [0.29, 0.717) is 0 Å². The molecule has 16 aromatic rings. The van der Waals surface area contributed by atoms with E-state index in [9.17, 15) is 0 Å². The van der Waals surface area contributed by atoms with E-state index < -0.39 is 36.6 Å². The predicted molar refractivity (Wildman–Crippen MR) is 586 cm³/mol. The van der Waals surface area contributed by atoms with Crippen molar-refractivity contribution in [1.82, 2.24) is 0 Å². The SMILES string of the molecule is CCCCc1ccc(-c2ccc(N(c3ccc(B4OC(C)(C)C(C)(C)O4)cc3)c3ccc(-c4ccc(N(c5ccc(B6OC(C)(C)C(C)(C)O6)cc5)c5ccc(-c6ccc(CCCC)cc6)cc5)cc4)cc3)cc2)cc1.CCCCc1ccc(-c2ccc(N(c3ccc(Br)cc3)c3ccc(-c4ccc(N(c5ccc(Br)cc5)c5ccc(-c6ccc(CCCC)cc6)cc5)cc4)cc3)cc2)cc1. The van der Waals surface area contributed by atoms with Gasteiger partial charge in [0, 0.05) is 77.2 Å². The van der Waals surface area contributed by atoms with Gasteiger partial charge in [0.1, 0.15) is 0 Å². The van der Waals surface area contributed by atoms with Crippen molar-refractivity contribution in [1.29, 1.82) is 0 Å². The van der Waals surface area contributed by atoms with E-state index in [1.807, 2.05) is 0 Å². The minimum Gasteiger partial charge on any atom is -0.399 e. The number of unbranched alkanes of at least 4 members (excludes halogenated alkanes) is 4. The molecular weight excluding hydrogens is 1790 g/mol. The number of benzene rings is 16. The molecular formula is C124H124B2Br2N4O4. The van der Waals surface area contributed by atoms with Gasteiger partial charge in [-0.2, -0.15) is 0 Å². The van der Waals surface area contributed by atoms with Crippen LogP contribution in [0.15, 0.2) is 397 Å². The molecule has 2 fully saturated rings. The van der Waals surface area contributed by atoms with Gasteiger partial charge in [0.25, 0.3) is 0 Å². The molecule has 2 heterocycles. The Hall–Kier alpha value is -12.4. The van der Waals surface area contributed by atoms with Crippen molar-refractivity contribution in [2.24, 2.45) is 0 Å². The molecule has 12 heteroatoms. The Morgan fingerprint density at radius 3 is 0.449 bits per heavy atom. The summed E-state index contributed by atoms with van der Waals surface area (Å²) in [5.74, 6) is 0. The molecule has 18 rings (SSSR count). The van der Waals surface area contributed by atoms with Crippen molar-refractivity contribution in [2.75, 3.05) is 19.6 Å². The van der Waals surface area contributed by atoms with E-state index in [4.69, 9.17) is 18.6 Å². The third-order valence-electron chi connectivity index (χ3n) is 27.6. The maximum absolute atomic E-state index is 6.44. The highest BCUT2D eigenvalue weighted by molar-refractivity contribution is 9.10. The van der Waals surface area contributed by atoms with Crippen LogP contribution in [0, 0.1) is 0 Å². The van der Waals surface area contributed by atoms with Crippen molar-refractivity contribution in [3.05, 3.63) is 419 Å². The molecule has 0 saturated carbocycles. The first-order chi connectivity index (χ1) is 66.0. The predicted octanol–water partition coefficient (Wildman–Crippen LogP) is 34.7. The molecule has 136 heavy (non-hydrogen) atoms. The average molecular weight is 1920 g/mol. The molecule has 2 saturated heterocycles. The monoisotopic (exact) mass is 1910 g/mol. The lowest BCUT2D eigenvalue weighted by Gasteiger charge is -2.32. The lowest BCUT2D eigenvalue weighted by atomic mass is 9.79. The Morgan fingerprint density at radius 2 is 0.309 bits per heavy atom. The van der Waals surface area contributed by atoms with Gasteiger partial charge in [-0.3, -0.25) is 0 Å². The molecule has 16 aromatic carbocycles. The number of nitrogens with zero attached hydrogens (tertiary/aromatic N) is 4. The minimum absolute atomic E-state index is 0.418. The fraction of sp³-hybridized carbons (Fsp3) is 0.226. The molecule has 0 amide bonds. The fourth-order valence-corrected chi connectivity index (χ4v) is 18.4. The molecule has 8 nitrogen and oxygen atoms in total. The van der Waals surface area contributed by atoms with Crippen molar-refractivity contribution < 1.29 is 18.6 Å². The molecule has 0 aliphatic carbocycles. The molecule has 0 radical (unpaired) electrons. The number of rotatable bonds is 32. The minimum atomic E-state index is -0.435. The number of hydrogen-bond donors (Lipinski definition) is 0. The number of anilines is 12. The molecule has 684 valence electrons. The fourth-order valence-electron chi connectivity index (χ4n) is 17.9. The van der Waals surface area contributed by atoms with Crippen molar-refractivity contribution >= 4 is 125 Å². The van der Waals surface area contributed by atoms with Gasteiger partial charge >= 0.3 is 14.2 Å². The van der Waals surface area contributed by atoms with Gasteiger partial charge in [-0.05, 0) is 377 Å². The summed E-state index contributed by atoms with van der Waals surface area (Å²) in [4.78, 5) is 9.28. The molecule has 0 spiro atoms. The second kappa shape index (κ2) is 42.9. The average Bonchev–Trinajstić information content (AvgIpc) is 1.48. The summed E-state index contributed by atoms with van der Waals surface area (Å²) in [6.07, 6.45) is 14.2. The van der Waals surface area contributed by atoms with Crippen LogP contribution in [0.2, 0.25) is 0 Å². The van der Waals surface area contributed by atoms with Crippen LogP contribution in [0.1, 0.15) is 157 Å². The first-order valence-corrected chi connectivity index (χ1v) is 50.4. The highest BCUT2D eigenvalue weighted by Crippen LogP contribution is 2.46. The van der Waals surface area contributed by atoms with E-state index in [1.165, 1.54) is 129 Å². The molecule has 2 aliphatic heterocycles.